The van der Waals surface area contributed by atoms with E-state index in [0.29, 0.717) is 6.61 Å². The summed E-state index contributed by atoms with van der Waals surface area (Å²) >= 11 is 0. The molecule has 0 saturated heterocycles. The van der Waals surface area contributed by atoms with E-state index in [0.717, 1.165) is 17.1 Å². The van der Waals surface area contributed by atoms with Crippen LogP contribution in [0, 0.1) is 0 Å². The summed E-state index contributed by atoms with van der Waals surface area (Å²) in [6.07, 6.45) is 25.6. The van der Waals surface area contributed by atoms with Gasteiger partial charge < -0.3 is 26.6 Å². The monoisotopic (exact) mass is 447 g/mol. The molecule has 0 aromatic heterocycles. The van der Waals surface area contributed by atoms with Crippen molar-refractivity contribution in [2.24, 2.45) is 0 Å². The lowest BCUT2D eigenvalue weighted by Crippen LogP contribution is -3.00. The van der Waals surface area contributed by atoms with E-state index in [4.69, 9.17) is 0 Å². The number of aliphatic hydroxyl groups is 1. The van der Waals surface area contributed by atoms with Crippen molar-refractivity contribution < 1.29 is 26.6 Å². The van der Waals surface area contributed by atoms with Gasteiger partial charge in [0.05, 0.1) is 26.2 Å². The maximum absolute atomic E-state index is 9.52. The Balaban J connectivity index is 0.00000676. The number of hydrogen-bond donors (Lipinski definition) is 1. The molecule has 1 fully saturated rings. The number of halogens is 1. The van der Waals surface area contributed by atoms with Crippen LogP contribution in [-0.4, -0.2) is 42.4 Å². The van der Waals surface area contributed by atoms with Crippen molar-refractivity contribution in [3.8, 4) is 0 Å². The standard InChI is InChI=1S/C24H50NO.BrH/c1-3-4-5-6-7-8-9-10-11-12-13-14-18-21-25(2,22-23-26)24-19-16-15-17-20-24;/h24,26H,3-23H2,1-2H3;1H/q+1;/p-1. The van der Waals surface area contributed by atoms with Crippen LogP contribution in [-0.2, 0) is 0 Å². The molecule has 1 rings (SSSR count). The van der Waals surface area contributed by atoms with Gasteiger partial charge >= 0.3 is 0 Å². The molecule has 1 N–H and O–H groups in total. The average molecular weight is 449 g/mol. The van der Waals surface area contributed by atoms with Crippen LogP contribution in [0.15, 0.2) is 0 Å². The van der Waals surface area contributed by atoms with Gasteiger partial charge in [-0.2, -0.15) is 0 Å². The Labute approximate surface area is 181 Å². The molecule has 2 nitrogen and oxygen atoms in total. The van der Waals surface area contributed by atoms with Crippen molar-refractivity contribution in [2.75, 3.05) is 26.7 Å². The number of rotatable bonds is 17. The van der Waals surface area contributed by atoms with E-state index in [1.54, 1.807) is 0 Å². The van der Waals surface area contributed by atoms with Crippen LogP contribution < -0.4 is 17.0 Å². The summed E-state index contributed by atoms with van der Waals surface area (Å²) in [6, 6.07) is 0.813. The van der Waals surface area contributed by atoms with Gasteiger partial charge in [-0.1, -0.05) is 84.0 Å². The smallest absolute Gasteiger partial charge is 0.102 e. The van der Waals surface area contributed by atoms with E-state index < -0.39 is 0 Å². The van der Waals surface area contributed by atoms with Gasteiger partial charge in [0.25, 0.3) is 0 Å². The Morgan fingerprint density at radius 3 is 1.56 bits per heavy atom. The van der Waals surface area contributed by atoms with E-state index in [2.05, 4.69) is 14.0 Å². The summed E-state index contributed by atoms with van der Waals surface area (Å²) in [5, 5.41) is 9.52. The van der Waals surface area contributed by atoms with E-state index in [9.17, 15) is 5.11 Å². The molecule has 0 heterocycles. The highest BCUT2D eigenvalue weighted by Gasteiger charge is 2.32. The van der Waals surface area contributed by atoms with Gasteiger partial charge in [0.2, 0.25) is 0 Å². The maximum Gasteiger partial charge on any atom is 0.102 e. The van der Waals surface area contributed by atoms with Gasteiger partial charge in [-0.15, -0.1) is 0 Å². The molecule has 0 spiro atoms. The second-order valence-electron chi connectivity index (χ2n) is 9.18. The molecule has 0 aliphatic heterocycles. The summed E-state index contributed by atoms with van der Waals surface area (Å²) in [5.41, 5.74) is 0. The molecule has 0 amide bonds. The second kappa shape index (κ2) is 18.4. The van der Waals surface area contributed by atoms with E-state index in [1.807, 2.05) is 0 Å². The first-order valence-electron chi connectivity index (χ1n) is 12.2. The van der Waals surface area contributed by atoms with Crippen LogP contribution in [0.3, 0.4) is 0 Å². The molecule has 0 aromatic carbocycles. The SMILES string of the molecule is CCCCCCCCCCCCCCC[N+](C)(CCO)C1CCCCC1.[Br-]. The lowest BCUT2D eigenvalue weighted by Gasteiger charge is -2.43. The fraction of sp³-hybridized carbons (Fsp3) is 1.00. The molecular formula is C24H50BrNO. The van der Waals surface area contributed by atoms with Crippen LogP contribution >= 0.6 is 0 Å². The predicted octanol–water partition coefficient (Wildman–Crippen LogP) is 3.85. The average Bonchev–Trinajstić information content (AvgIpc) is 2.66. The zero-order valence-electron chi connectivity index (χ0n) is 18.7. The number of quaternary nitrogens is 1. The van der Waals surface area contributed by atoms with Crippen LogP contribution in [0.25, 0.3) is 0 Å². The number of hydrogen-bond acceptors (Lipinski definition) is 1. The summed E-state index contributed by atoms with van der Waals surface area (Å²) in [6.45, 7) is 4.89. The van der Waals surface area contributed by atoms with Gasteiger partial charge in [-0.25, -0.2) is 0 Å². The van der Waals surface area contributed by atoms with Crippen LogP contribution in [0.2, 0.25) is 0 Å². The van der Waals surface area contributed by atoms with Crippen molar-refractivity contribution in [1.29, 1.82) is 0 Å². The summed E-state index contributed by atoms with van der Waals surface area (Å²) in [4.78, 5) is 0. The van der Waals surface area contributed by atoms with Crippen LogP contribution in [0.5, 0.6) is 0 Å². The molecule has 1 unspecified atom stereocenters. The zero-order chi connectivity index (χ0) is 18.9. The highest BCUT2D eigenvalue weighted by atomic mass is 79.9. The number of nitrogens with zero attached hydrogens (tertiary/aromatic N) is 1. The Hall–Kier alpha value is 0.400. The fourth-order valence-corrected chi connectivity index (χ4v) is 4.90. The van der Waals surface area contributed by atoms with Crippen molar-refractivity contribution in [1.82, 2.24) is 0 Å². The Bertz CT molecular complexity index is 307. The molecule has 1 saturated carbocycles. The third-order valence-corrected chi connectivity index (χ3v) is 6.84. The first-order chi connectivity index (χ1) is 12.7. The number of unbranched alkanes of at least 4 members (excludes halogenated alkanes) is 12. The quantitative estimate of drug-likeness (QED) is 0.265. The van der Waals surface area contributed by atoms with E-state index >= 15 is 0 Å². The topological polar surface area (TPSA) is 20.2 Å². The minimum atomic E-state index is 0. The first-order valence-corrected chi connectivity index (χ1v) is 12.2. The van der Waals surface area contributed by atoms with Crippen LogP contribution in [0.4, 0.5) is 0 Å². The molecule has 3 heteroatoms. The lowest BCUT2D eigenvalue weighted by molar-refractivity contribution is -0.935. The lowest BCUT2D eigenvalue weighted by atomic mass is 9.92. The van der Waals surface area contributed by atoms with Crippen molar-refractivity contribution in [3.63, 3.8) is 0 Å². The molecule has 1 atom stereocenters. The second-order valence-corrected chi connectivity index (χ2v) is 9.18. The maximum atomic E-state index is 9.52. The minimum Gasteiger partial charge on any atom is -1.00 e. The summed E-state index contributed by atoms with van der Waals surface area (Å²) in [5.74, 6) is 0. The van der Waals surface area contributed by atoms with Gasteiger partial charge in [0.15, 0.2) is 0 Å². The normalized spacial score (nSPS) is 17.4. The molecule has 164 valence electrons. The molecule has 0 aromatic rings. The largest absolute Gasteiger partial charge is 1.00 e. The highest BCUT2D eigenvalue weighted by molar-refractivity contribution is 4.67. The Kier molecular flexibility index (Phi) is 18.7. The predicted molar refractivity (Wildman–Crippen MR) is 116 cm³/mol. The number of likely N-dealkylation sites (N-methyl/N-ethyl adjacent to an activating group) is 1. The van der Waals surface area contributed by atoms with Gasteiger partial charge in [0.1, 0.15) is 6.54 Å². The molecule has 0 radical (unpaired) electrons. The third-order valence-electron chi connectivity index (χ3n) is 6.84. The minimum absolute atomic E-state index is 0. The molecule has 1 aliphatic carbocycles. The molecular weight excluding hydrogens is 398 g/mol. The molecule has 27 heavy (non-hydrogen) atoms. The Morgan fingerprint density at radius 2 is 1.11 bits per heavy atom. The Morgan fingerprint density at radius 1 is 0.667 bits per heavy atom. The van der Waals surface area contributed by atoms with E-state index in [1.165, 1.54) is 122 Å². The van der Waals surface area contributed by atoms with Crippen molar-refractivity contribution in [2.45, 2.75) is 129 Å². The first kappa shape index (κ1) is 27.4. The van der Waals surface area contributed by atoms with Crippen LogP contribution in [0.1, 0.15) is 122 Å². The van der Waals surface area contributed by atoms with Gasteiger partial charge in [0, 0.05) is 0 Å². The molecule has 1 aliphatic rings. The molecule has 0 bridgehead atoms. The highest BCUT2D eigenvalue weighted by Crippen LogP contribution is 2.27. The summed E-state index contributed by atoms with van der Waals surface area (Å²) < 4.78 is 1.13. The van der Waals surface area contributed by atoms with Gasteiger partial charge in [-0.05, 0) is 38.5 Å². The summed E-state index contributed by atoms with van der Waals surface area (Å²) in [7, 11) is 2.41. The van der Waals surface area contributed by atoms with Crippen molar-refractivity contribution in [3.05, 3.63) is 0 Å². The van der Waals surface area contributed by atoms with E-state index in [-0.39, 0.29) is 17.0 Å². The number of aliphatic hydroxyl groups excluding tert-OH is 1. The van der Waals surface area contributed by atoms with Crippen molar-refractivity contribution >= 4 is 0 Å². The zero-order valence-corrected chi connectivity index (χ0v) is 20.3. The van der Waals surface area contributed by atoms with Gasteiger partial charge in [-0.3, -0.25) is 0 Å². The third kappa shape index (κ3) is 13.3. The fourth-order valence-electron chi connectivity index (χ4n) is 4.90.